The second-order valence-corrected chi connectivity index (χ2v) is 5.37. The van der Waals surface area contributed by atoms with Crippen LogP contribution < -0.4 is 4.74 Å². The maximum Gasteiger partial charge on any atom is 0.182 e. The third kappa shape index (κ3) is 2.86. The lowest BCUT2D eigenvalue weighted by molar-refractivity contribution is 0.415. The van der Waals surface area contributed by atoms with E-state index in [4.69, 9.17) is 28.6 Å². The standard InChI is InChI=1S/C16H13ClN2OS/c1-20-14-7-5-11(6-8-14)15-10-19(16(21)18-15)13-4-2-3-12(17)9-13/h2-10H,1H3,(H,18,21). The van der Waals surface area contributed by atoms with Crippen molar-refractivity contribution in [1.29, 1.82) is 0 Å². The fourth-order valence-corrected chi connectivity index (χ4v) is 2.58. The molecule has 0 unspecified atom stereocenters. The summed E-state index contributed by atoms with van der Waals surface area (Å²) >= 11 is 11.4. The maximum atomic E-state index is 6.03. The van der Waals surface area contributed by atoms with Crippen LogP contribution in [0.2, 0.25) is 5.02 Å². The number of aromatic amines is 1. The van der Waals surface area contributed by atoms with E-state index >= 15 is 0 Å². The number of imidazole rings is 1. The first-order valence-corrected chi connectivity index (χ1v) is 7.18. The zero-order chi connectivity index (χ0) is 14.8. The van der Waals surface area contributed by atoms with Crippen LogP contribution in [0.25, 0.3) is 16.9 Å². The molecule has 1 aromatic heterocycles. The second kappa shape index (κ2) is 5.76. The van der Waals surface area contributed by atoms with Crippen molar-refractivity contribution < 1.29 is 4.74 Å². The first kappa shape index (κ1) is 13.9. The molecule has 0 spiro atoms. The van der Waals surface area contributed by atoms with Crippen molar-refractivity contribution in [2.45, 2.75) is 0 Å². The van der Waals surface area contributed by atoms with Gasteiger partial charge in [0.05, 0.1) is 12.8 Å². The monoisotopic (exact) mass is 316 g/mol. The summed E-state index contributed by atoms with van der Waals surface area (Å²) in [7, 11) is 1.65. The molecule has 21 heavy (non-hydrogen) atoms. The number of ether oxygens (including phenoxy) is 1. The van der Waals surface area contributed by atoms with Crippen molar-refractivity contribution in [2.75, 3.05) is 7.11 Å². The van der Waals surface area contributed by atoms with E-state index in [0.717, 1.165) is 22.7 Å². The van der Waals surface area contributed by atoms with E-state index in [1.54, 1.807) is 7.11 Å². The van der Waals surface area contributed by atoms with Crippen molar-refractivity contribution in [3.05, 3.63) is 64.5 Å². The number of nitrogens with one attached hydrogen (secondary N) is 1. The summed E-state index contributed by atoms with van der Waals surface area (Å²) in [6.45, 7) is 0. The molecular formula is C16H13ClN2OS. The lowest BCUT2D eigenvalue weighted by Gasteiger charge is -2.02. The van der Waals surface area contributed by atoms with Gasteiger partial charge in [-0.3, -0.25) is 4.57 Å². The summed E-state index contributed by atoms with van der Waals surface area (Å²) in [6.07, 6.45) is 1.97. The van der Waals surface area contributed by atoms with Crippen LogP contribution in [0.5, 0.6) is 5.75 Å². The van der Waals surface area contributed by atoms with E-state index in [1.807, 2.05) is 59.3 Å². The van der Waals surface area contributed by atoms with Gasteiger partial charge in [-0.1, -0.05) is 17.7 Å². The first-order valence-electron chi connectivity index (χ1n) is 6.39. The number of H-pyrrole nitrogens is 1. The quantitative estimate of drug-likeness (QED) is 0.699. The number of halogens is 1. The van der Waals surface area contributed by atoms with Gasteiger partial charge in [0, 0.05) is 16.9 Å². The molecule has 0 radical (unpaired) electrons. The molecule has 0 amide bonds. The lowest BCUT2D eigenvalue weighted by atomic mass is 10.1. The topological polar surface area (TPSA) is 29.9 Å². The number of aromatic nitrogens is 2. The van der Waals surface area contributed by atoms with Gasteiger partial charge in [0.2, 0.25) is 0 Å². The smallest absolute Gasteiger partial charge is 0.182 e. The Bertz CT molecular complexity index is 821. The van der Waals surface area contributed by atoms with Gasteiger partial charge in [0.25, 0.3) is 0 Å². The fraction of sp³-hybridized carbons (Fsp3) is 0.0625. The van der Waals surface area contributed by atoms with Gasteiger partial charge in [-0.15, -0.1) is 0 Å². The highest BCUT2D eigenvalue weighted by Gasteiger charge is 2.05. The van der Waals surface area contributed by atoms with E-state index in [0.29, 0.717) is 9.79 Å². The predicted molar refractivity (Wildman–Crippen MR) is 88.0 cm³/mol. The van der Waals surface area contributed by atoms with Crippen LogP contribution in [-0.4, -0.2) is 16.7 Å². The number of hydrogen-bond donors (Lipinski definition) is 1. The minimum Gasteiger partial charge on any atom is -0.497 e. The highest BCUT2D eigenvalue weighted by molar-refractivity contribution is 7.71. The Hall–Kier alpha value is -2.04. The molecule has 106 valence electrons. The molecule has 0 bridgehead atoms. The van der Waals surface area contributed by atoms with Crippen LogP contribution in [0, 0.1) is 4.77 Å². The summed E-state index contributed by atoms with van der Waals surface area (Å²) in [5.74, 6) is 0.826. The van der Waals surface area contributed by atoms with E-state index in [-0.39, 0.29) is 0 Å². The van der Waals surface area contributed by atoms with Crippen molar-refractivity contribution in [3.63, 3.8) is 0 Å². The zero-order valence-electron chi connectivity index (χ0n) is 11.3. The van der Waals surface area contributed by atoms with E-state index in [1.165, 1.54) is 0 Å². The summed E-state index contributed by atoms with van der Waals surface area (Å²) in [5, 5.41) is 0.682. The van der Waals surface area contributed by atoms with Crippen molar-refractivity contribution in [3.8, 4) is 22.7 Å². The van der Waals surface area contributed by atoms with Crippen LogP contribution in [0.4, 0.5) is 0 Å². The molecule has 1 N–H and O–H groups in total. The van der Waals surface area contributed by atoms with Gasteiger partial charge in [0.15, 0.2) is 4.77 Å². The molecule has 0 aliphatic rings. The average Bonchev–Trinajstić information content (AvgIpc) is 2.89. The number of hydrogen-bond acceptors (Lipinski definition) is 2. The molecule has 1 heterocycles. The van der Waals surface area contributed by atoms with Gasteiger partial charge >= 0.3 is 0 Å². The Morgan fingerprint density at radius 3 is 2.57 bits per heavy atom. The Kier molecular flexibility index (Phi) is 3.82. The van der Waals surface area contributed by atoms with Gasteiger partial charge in [-0.25, -0.2) is 0 Å². The number of methoxy groups -OCH3 is 1. The first-order chi connectivity index (χ1) is 10.2. The van der Waals surface area contributed by atoms with E-state index in [9.17, 15) is 0 Å². The molecular weight excluding hydrogens is 304 g/mol. The minimum atomic E-state index is 0.628. The summed E-state index contributed by atoms with van der Waals surface area (Å²) in [5.41, 5.74) is 2.92. The van der Waals surface area contributed by atoms with Gasteiger partial charge in [0.1, 0.15) is 5.75 Å². The highest BCUT2D eigenvalue weighted by Crippen LogP contribution is 2.23. The van der Waals surface area contributed by atoms with Gasteiger partial charge < -0.3 is 9.72 Å². The van der Waals surface area contributed by atoms with Crippen LogP contribution in [0.1, 0.15) is 0 Å². The maximum absolute atomic E-state index is 6.03. The molecule has 0 aliphatic carbocycles. The fourth-order valence-electron chi connectivity index (χ4n) is 2.13. The molecule has 0 saturated heterocycles. The molecule has 2 aromatic carbocycles. The zero-order valence-corrected chi connectivity index (χ0v) is 12.9. The lowest BCUT2D eigenvalue weighted by Crippen LogP contribution is -1.91. The average molecular weight is 317 g/mol. The summed E-state index contributed by atoms with van der Waals surface area (Å²) in [6, 6.07) is 15.4. The largest absolute Gasteiger partial charge is 0.497 e. The van der Waals surface area contributed by atoms with Crippen molar-refractivity contribution >= 4 is 23.8 Å². The Morgan fingerprint density at radius 2 is 1.90 bits per heavy atom. The molecule has 0 fully saturated rings. The summed E-state index contributed by atoms with van der Waals surface area (Å²) in [4.78, 5) is 3.21. The second-order valence-electron chi connectivity index (χ2n) is 4.55. The third-order valence-electron chi connectivity index (χ3n) is 3.21. The molecule has 0 saturated carbocycles. The highest BCUT2D eigenvalue weighted by atomic mass is 35.5. The summed E-state index contributed by atoms with van der Waals surface area (Å²) < 4.78 is 7.70. The molecule has 3 nitrogen and oxygen atoms in total. The Morgan fingerprint density at radius 1 is 1.14 bits per heavy atom. The Balaban J connectivity index is 2.03. The number of nitrogens with zero attached hydrogens (tertiary/aromatic N) is 1. The number of rotatable bonds is 3. The van der Waals surface area contributed by atoms with Crippen LogP contribution in [0.15, 0.2) is 54.7 Å². The minimum absolute atomic E-state index is 0.628. The molecule has 0 atom stereocenters. The predicted octanol–water partition coefficient (Wildman–Crippen LogP) is 4.86. The molecule has 3 rings (SSSR count). The number of benzene rings is 2. The van der Waals surface area contributed by atoms with E-state index in [2.05, 4.69) is 4.98 Å². The van der Waals surface area contributed by atoms with Crippen LogP contribution >= 0.6 is 23.8 Å². The van der Waals surface area contributed by atoms with E-state index < -0.39 is 0 Å². The van der Waals surface area contributed by atoms with Gasteiger partial charge in [-0.05, 0) is 60.2 Å². The molecule has 5 heteroatoms. The van der Waals surface area contributed by atoms with Crippen LogP contribution in [0.3, 0.4) is 0 Å². The molecule has 0 aliphatic heterocycles. The SMILES string of the molecule is COc1ccc(-c2cn(-c3cccc(Cl)c3)c(=S)[nH]2)cc1. The normalized spacial score (nSPS) is 10.6. The van der Waals surface area contributed by atoms with Crippen molar-refractivity contribution in [2.24, 2.45) is 0 Å². The van der Waals surface area contributed by atoms with Gasteiger partial charge in [-0.2, -0.15) is 0 Å². The molecule has 3 aromatic rings. The third-order valence-corrected chi connectivity index (χ3v) is 3.74. The van der Waals surface area contributed by atoms with Crippen LogP contribution in [-0.2, 0) is 0 Å². The van der Waals surface area contributed by atoms with Crippen molar-refractivity contribution in [1.82, 2.24) is 9.55 Å². The Labute approximate surface area is 132 Å².